The molecule has 0 radical (unpaired) electrons. The van der Waals surface area contributed by atoms with Crippen LogP contribution in [0.4, 0.5) is 8.78 Å². The lowest BCUT2D eigenvalue weighted by atomic mass is 10.1. The lowest BCUT2D eigenvalue weighted by molar-refractivity contribution is 0.151. The Morgan fingerprint density at radius 1 is 1.14 bits per heavy atom. The van der Waals surface area contributed by atoms with E-state index in [4.69, 9.17) is 0 Å². The van der Waals surface area contributed by atoms with Crippen LogP contribution in [0.3, 0.4) is 0 Å². The molecule has 0 saturated carbocycles. The molecule has 1 heterocycles. The lowest BCUT2D eigenvalue weighted by Gasteiger charge is -2.01. The van der Waals surface area contributed by atoms with E-state index in [0.717, 1.165) is 17.4 Å². The lowest BCUT2D eigenvalue weighted by Crippen LogP contribution is -1.82. The zero-order valence-corrected chi connectivity index (χ0v) is 7.68. The summed E-state index contributed by atoms with van der Waals surface area (Å²) in [6.07, 6.45) is -2.62. The third kappa shape index (κ3) is 1.29. The molecule has 0 aliphatic carbocycles. The minimum absolute atomic E-state index is 0.0803. The largest absolute Gasteiger partial charge is 0.507 e. The van der Waals surface area contributed by atoms with Crippen LogP contribution in [0.2, 0.25) is 0 Å². The molecule has 2 N–H and O–H groups in total. The second kappa shape index (κ2) is 3.09. The van der Waals surface area contributed by atoms with Gasteiger partial charge in [-0.25, -0.2) is 8.78 Å². The maximum atomic E-state index is 12.3. The van der Waals surface area contributed by atoms with Gasteiger partial charge in [0.15, 0.2) is 0 Å². The number of benzene rings is 1. The van der Waals surface area contributed by atoms with Crippen molar-refractivity contribution in [1.82, 2.24) is 0 Å². The average Bonchev–Trinajstić information content (AvgIpc) is 2.48. The van der Waals surface area contributed by atoms with Crippen LogP contribution in [0.15, 0.2) is 17.5 Å². The van der Waals surface area contributed by atoms with E-state index in [1.54, 1.807) is 0 Å². The highest BCUT2D eigenvalue weighted by atomic mass is 32.1. The number of fused-ring (bicyclic) bond motifs is 1. The smallest absolute Gasteiger partial charge is 0.264 e. The maximum Gasteiger partial charge on any atom is 0.264 e. The summed E-state index contributed by atoms with van der Waals surface area (Å²) in [6, 6.07) is 2.24. The highest BCUT2D eigenvalue weighted by Gasteiger charge is 2.14. The Bertz CT molecular complexity index is 479. The molecule has 2 nitrogen and oxygen atoms in total. The van der Waals surface area contributed by atoms with Gasteiger partial charge in [-0.3, -0.25) is 0 Å². The van der Waals surface area contributed by atoms with Crippen molar-refractivity contribution >= 4 is 21.4 Å². The summed E-state index contributed by atoms with van der Waals surface area (Å²) < 4.78 is 25.1. The summed E-state index contributed by atoms with van der Waals surface area (Å²) in [5, 5.41) is 20.3. The first kappa shape index (κ1) is 9.21. The van der Waals surface area contributed by atoms with Gasteiger partial charge in [0.05, 0.1) is 5.39 Å². The number of aromatic hydroxyl groups is 2. The molecule has 0 aliphatic rings. The van der Waals surface area contributed by atoms with Crippen LogP contribution >= 0.6 is 11.3 Å². The van der Waals surface area contributed by atoms with Gasteiger partial charge < -0.3 is 10.2 Å². The summed E-state index contributed by atoms with van der Waals surface area (Å²) in [5.74, 6) is -0.389. The molecule has 0 atom stereocenters. The standard InChI is InChI=1S/C9H6F2O2S/c10-9(11)4-1-5(12)8-6(13)3-14-7(8)2-4/h1-3,9,12-13H. The first-order valence-corrected chi connectivity index (χ1v) is 4.69. The van der Waals surface area contributed by atoms with E-state index in [1.165, 1.54) is 11.4 Å². The number of hydrogen-bond donors (Lipinski definition) is 2. The van der Waals surface area contributed by atoms with Crippen LogP contribution < -0.4 is 0 Å². The van der Waals surface area contributed by atoms with Gasteiger partial charge in [0.2, 0.25) is 0 Å². The Labute approximate surface area is 82.0 Å². The zero-order valence-electron chi connectivity index (χ0n) is 6.87. The number of phenolic OH excluding ortho intramolecular Hbond substituents is 1. The Morgan fingerprint density at radius 3 is 2.50 bits per heavy atom. The molecule has 74 valence electrons. The summed E-state index contributed by atoms with van der Waals surface area (Å²) >= 11 is 1.12. The molecule has 0 bridgehead atoms. The van der Waals surface area contributed by atoms with Gasteiger partial charge in [0, 0.05) is 15.6 Å². The third-order valence-corrected chi connectivity index (χ3v) is 2.83. The molecule has 0 fully saturated rings. The minimum atomic E-state index is -2.62. The van der Waals surface area contributed by atoms with Crippen LogP contribution in [0.5, 0.6) is 11.5 Å². The van der Waals surface area contributed by atoms with Crippen LogP contribution in [-0.2, 0) is 0 Å². The molecule has 5 heteroatoms. The van der Waals surface area contributed by atoms with E-state index in [9.17, 15) is 19.0 Å². The molecule has 0 unspecified atom stereocenters. The van der Waals surface area contributed by atoms with Crippen LogP contribution in [0.25, 0.3) is 10.1 Å². The first-order chi connectivity index (χ1) is 6.59. The number of thiophene rings is 1. The Balaban J connectivity index is 2.74. The van der Waals surface area contributed by atoms with Gasteiger partial charge in [-0.2, -0.15) is 0 Å². The van der Waals surface area contributed by atoms with Gasteiger partial charge >= 0.3 is 0 Å². The van der Waals surface area contributed by atoms with E-state index >= 15 is 0 Å². The molecule has 0 aliphatic heterocycles. The van der Waals surface area contributed by atoms with Crippen molar-refractivity contribution < 1.29 is 19.0 Å². The van der Waals surface area contributed by atoms with Crippen molar-refractivity contribution in [2.45, 2.75) is 6.43 Å². The maximum absolute atomic E-state index is 12.3. The van der Waals surface area contributed by atoms with Gasteiger partial charge in [-0.1, -0.05) is 0 Å². The predicted molar refractivity (Wildman–Crippen MR) is 50.1 cm³/mol. The average molecular weight is 216 g/mol. The van der Waals surface area contributed by atoms with E-state index in [0.29, 0.717) is 4.70 Å². The van der Waals surface area contributed by atoms with Gasteiger partial charge in [0.1, 0.15) is 11.5 Å². The second-order valence-electron chi connectivity index (χ2n) is 2.83. The van der Waals surface area contributed by atoms with E-state index < -0.39 is 6.43 Å². The quantitative estimate of drug-likeness (QED) is 0.768. The van der Waals surface area contributed by atoms with Crippen molar-refractivity contribution in [3.63, 3.8) is 0 Å². The van der Waals surface area contributed by atoms with Crippen molar-refractivity contribution in [2.75, 3.05) is 0 Å². The van der Waals surface area contributed by atoms with Gasteiger partial charge in [-0.15, -0.1) is 11.3 Å². The van der Waals surface area contributed by atoms with Gasteiger partial charge in [-0.05, 0) is 12.1 Å². The Hall–Kier alpha value is -1.36. The number of phenols is 1. The van der Waals surface area contributed by atoms with Crippen LogP contribution in [-0.4, -0.2) is 10.2 Å². The molecule has 0 amide bonds. The van der Waals surface area contributed by atoms with Crippen LogP contribution in [0, 0.1) is 0 Å². The number of rotatable bonds is 1. The fourth-order valence-electron chi connectivity index (χ4n) is 1.28. The second-order valence-corrected chi connectivity index (χ2v) is 3.75. The number of halogens is 2. The van der Waals surface area contributed by atoms with E-state index in [1.807, 2.05) is 0 Å². The molecule has 0 spiro atoms. The van der Waals surface area contributed by atoms with E-state index in [-0.39, 0.29) is 22.4 Å². The number of hydrogen-bond acceptors (Lipinski definition) is 3. The first-order valence-electron chi connectivity index (χ1n) is 3.81. The minimum Gasteiger partial charge on any atom is -0.507 e. The van der Waals surface area contributed by atoms with Crippen molar-refractivity contribution in [1.29, 1.82) is 0 Å². The van der Waals surface area contributed by atoms with E-state index in [2.05, 4.69) is 0 Å². The molecular weight excluding hydrogens is 210 g/mol. The highest BCUT2D eigenvalue weighted by molar-refractivity contribution is 7.17. The molecule has 0 saturated heterocycles. The summed E-state index contributed by atoms with van der Waals surface area (Å²) in [5.41, 5.74) is -0.239. The third-order valence-electron chi connectivity index (χ3n) is 1.91. The van der Waals surface area contributed by atoms with Crippen molar-refractivity contribution in [2.24, 2.45) is 0 Å². The highest BCUT2D eigenvalue weighted by Crippen LogP contribution is 2.40. The normalized spacial score (nSPS) is 11.4. The molecule has 1 aromatic heterocycles. The fraction of sp³-hybridized carbons (Fsp3) is 0.111. The summed E-state index contributed by atoms with van der Waals surface area (Å²) in [7, 11) is 0. The SMILES string of the molecule is Oc1csc2cc(C(F)F)cc(O)c12. The molecule has 2 aromatic rings. The summed E-state index contributed by atoms with van der Waals surface area (Å²) in [4.78, 5) is 0. The van der Waals surface area contributed by atoms with Crippen molar-refractivity contribution in [3.05, 3.63) is 23.1 Å². The molecule has 14 heavy (non-hydrogen) atoms. The Morgan fingerprint density at radius 2 is 1.86 bits per heavy atom. The van der Waals surface area contributed by atoms with Crippen molar-refractivity contribution in [3.8, 4) is 11.5 Å². The topological polar surface area (TPSA) is 40.5 Å². The predicted octanol–water partition coefficient (Wildman–Crippen LogP) is 3.25. The summed E-state index contributed by atoms with van der Waals surface area (Å²) in [6.45, 7) is 0. The molecular formula is C9H6F2O2S. The number of alkyl halides is 2. The van der Waals surface area contributed by atoms with Crippen LogP contribution in [0.1, 0.15) is 12.0 Å². The Kier molecular flexibility index (Phi) is 2.03. The molecule has 1 aromatic carbocycles. The monoisotopic (exact) mass is 216 g/mol. The zero-order chi connectivity index (χ0) is 10.3. The molecule has 2 rings (SSSR count). The fourth-order valence-corrected chi connectivity index (χ4v) is 2.16. The van der Waals surface area contributed by atoms with Gasteiger partial charge in [0.25, 0.3) is 6.43 Å².